The van der Waals surface area contributed by atoms with Gasteiger partial charge in [0, 0.05) is 15.7 Å². The number of benzene rings is 1. The normalized spacial score (nSPS) is 10.8. The zero-order valence-corrected chi connectivity index (χ0v) is 11.2. The Bertz CT molecular complexity index is 499. The Balaban J connectivity index is 2.23. The van der Waals surface area contributed by atoms with Crippen LogP contribution in [0.2, 0.25) is 5.28 Å². The quantitative estimate of drug-likeness (QED) is 0.794. The lowest BCUT2D eigenvalue weighted by Gasteiger charge is -2.05. The highest BCUT2D eigenvalue weighted by Crippen LogP contribution is 2.25. The van der Waals surface area contributed by atoms with Crippen LogP contribution in [0, 0.1) is 0 Å². The molecular weight excluding hydrogens is 254 g/mol. The van der Waals surface area contributed by atoms with Gasteiger partial charge in [0.15, 0.2) is 0 Å². The molecule has 0 saturated heterocycles. The second-order valence-corrected chi connectivity index (χ2v) is 5.79. The van der Waals surface area contributed by atoms with E-state index in [1.807, 2.05) is 23.9 Å². The van der Waals surface area contributed by atoms with E-state index in [9.17, 15) is 0 Å². The predicted octanol–water partition coefficient (Wildman–Crippen LogP) is 3.69. The third-order valence-corrected chi connectivity index (χ3v) is 3.23. The van der Waals surface area contributed by atoms with Crippen LogP contribution in [0.15, 0.2) is 35.4 Å². The topological polar surface area (TPSA) is 38.7 Å². The van der Waals surface area contributed by atoms with Crippen LogP contribution < -0.4 is 0 Å². The fraction of sp³-hybridized carbons (Fsp3) is 0.250. The van der Waals surface area contributed by atoms with Crippen molar-refractivity contribution >= 4 is 23.4 Å². The van der Waals surface area contributed by atoms with E-state index in [0.29, 0.717) is 5.25 Å². The summed E-state index contributed by atoms with van der Waals surface area (Å²) < 4.78 is 0. The van der Waals surface area contributed by atoms with Gasteiger partial charge in [-0.25, -0.2) is 4.98 Å². The molecule has 1 aromatic heterocycles. The minimum atomic E-state index is 0.170. The predicted molar refractivity (Wildman–Crippen MR) is 71.3 cm³/mol. The Labute approximate surface area is 110 Å². The van der Waals surface area contributed by atoms with E-state index < -0.39 is 0 Å². The van der Waals surface area contributed by atoms with Crippen LogP contribution in [0.25, 0.3) is 11.3 Å². The highest BCUT2D eigenvalue weighted by Gasteiger charge is 2.03. The maximum Gasteiger partial charge on any atom is 0.243 e. The van der Waals surface area contributed by atoms with Crippen LogP contribution >= 0.6 is 23.4 Å². The number of thioether (sulfide) groups is 1. The first-order valence-electron chi connectivity index (χ1n) is 5.27. The van der Waals surface area contributed by atoms with Crippen LogP contribution in [0.1, 0.15) is 13.8 Å². The molecule has 2 rings (SSSR count). The number of halogens is 1. The molecule has 0 N–H and O–H groups in total. The molecule has 0 bridgehead atoms. The highest BCUT2D eigenvalue weighted by atomic mass is 35.5. The minimum absolute atomic E-state index is 0.170. The highest BCUT2D eigenvalue weighted by molar-refractivity contribution is 7.99. The zero-order chi connectivity index (χ0) is 12.3. The van der Waals surface area contributed by atoms with Gasteiger partial charge >= 0.3 is 0 Å². The zero-order valence-electron chi connectivity index (χ0n) is 9.59. The summed E-state index contributed by atoms with van der Waals surface area (Å²) in [7, 11) is 0. The fourth-order valence-electron chi connectivity index (χ4n) is 1.40. The van der Waals surface area contributed by atoms with Gasteiger partial charge in [-0.15, -0.1) is 16.9 Å². The van der Waals surface area contributed by atoms with Crippen molar-refractivity contribution in [2.24, 2.45) is 0 Å². The van der Waals surface area contributed by atoms with Gasteiger partial charge in [-0.2, -0.15) is 5.10 Å². The molecule has 0 radical (unpaired) electrons. The van der Waals surface area contributed by atoms with Crippen molar-refractivity contribution in [3.63, 3.8) is 0 Å². The second kappa shape index (κ2) is 5.47. The first kappa shape index (κ1) is 12.3. The van der Waals surface area contributed by atoms with E-state index in [2.05, 4.69) is 41.2 Å². The molecule has 0 aliphatic rings. The molecule has 0 atom stereocenters. The van der Waals surface area contributed by atoms with Crippen molar-refractivity contribution in [3.05, 3.63) is 35.7 Å². The standard InChI is InChI=1S/C12H12ClN3S/c1-8(2)17-10-5-3-9(4-6-10)11-7-14-16-12(13)15-11/h3-8H,1-2H3. The Morgan fingerprint density at radius 2 is 1.88 bits per heavy atom. The molecule has 0 amide bonds. The van der Waals surface area contributed by atoms with Crippen LogP contribution in [0.3, 0.4) is 0 Å². The Hall–Kier alpha value is -1.13. The molecular formula is C12H12ClN3S. The summed E-state index contributed by atoms with van der Waals surface area (Å²) in [5, 5.41) is 8.15. The molecule has 0 unspecified atom stereocenters. The Kier molecular flexibility index (Phi) is 3.97. The summed E-state index contributed by atoms with van der Waals surface area (Å²) in [6.07, 6.45) is 1.61. The Morgan fingerprint density at radius 1 is 1.18 bits per heavy atom. The molecule has 0 aliphatic heterocycles. The maximum atomic E-state index is 5.71. The lowest BCUT2D eigenvalue weighted by atomic mass is 10.2. The molecule has 0 aliphatic carbocycles. The monoisotopic (exact) mass is 265 g/mol. The van der Waals surface area contributed by atoms with Crippen molar-refractivity contribution in [3.8, 4) is 11.3 Å². The largest absolute Gasteiger partial charge is 0.243 e. The van der Waals surface area contributed by atoms with Gasteiger partial charge in [0.2, 0.25) is 5.28 Å². The van der Waals surface area contributed by atoms with Gasteiger partial charge in [-0.05, 0) is 23.7 Å². The lowest BCUT2D eigenvalue weighted by molar-refractivity contribution is 0.974. The van der Waals surface area contributed by atoms with E-state index >= 15 is 0 Å². The van der Waals surface area contributed by atoms with Gasteiger partial charge in [-0.3, -0.25) is 0 Å². The minimum Gasteiger partial charge on any atom is -0.215 e. The molecule has 1 heterocycles. The molecule has 5 heteroatoms. The van der Waals surface area contributed by atoms with Crippen LogP contribution in [-0.4, -0.2) is 20.4 Å². The first-order chi connectivity index (χ1) is 8.15. The van der Waals surface area contributed by atoms with Gasteiger partial charge in [0.05, 0.1) is 11.9 Å². The van der Waals surface area contributed by atoms with Crippen LogP contribution in [-0.2, 0) is 0 Å². The van der Waals surface area contributed by atoms with Crippen LogP contribution in [0.5, 0.6) is 0 Å². The fourth-order valence-corrected chi connectivity index (χ4v) is 2.37. The van der Waals surface area contributed by atoms with Gasteiger partial charge in [0.1, 0.15) is 0 Å². The number of hydrogen-bond donors (Lipinski definition) is 0. The molecule has 1 aromatic carbocycles. The van der Waals surface area contributed by atoms with Gasteiger partial charge in [0.25, 0.3) is 0 Å². The molecule has 17 heavy (non-hydrogen) atoms. The van der Waals surface area contributed by atoms with E-state index in [1.54, 1.807) is 6.20 Å². The summed E-state index contributed by atoms with van der Waals surface area (Å²) in [5.74, 6) is 0. The lowest BCUT2D eigenvalue weighted by Crippen LogP contribution is -1.90. The summed E-state index contributed by atoms with van der Waals surface area (Å²) >= 11 is 7.54. The molecule has 3 nitrogen and oxygen atoms in total. The van der Waals surface area contributed by atoms with Gasteiger partial charge in [-0.1, -0.05) is 26.0 Å². The number of rotatable bonds is 3. The third-order valence-electron chi connectivity index (χ3n) is 2.05. The van der Waals surface area contributed by atoms with Crippen molar-refractivity contribution in [1.29, 1.82) is 0 Å². The van der Waals surface area contributed by atoms with Gasteiger partial charge < -0.3 is 0 Å². The van der Waals surface area contributed by atoms with E-state index in [4.69, 9.17) is 11.6 Å². The van der Waals surface area contributed by atoms with Crippen molar-refractivity contribution in [2.45, 2.75) is 24.0 Å². The maximum absolute atomic E-state index is 5.71. The average molecular weight is 266 g/mol. The van der Waals surface area contributed by atoms with E-state index in [-0.39, 0.29) is 5.28 Å². The Morgan fingerprint density at radius 3 is 2.47 bits per heavy atom. The third kappa shape index (κ3) is 3.41. The van der Waals surface area contributed by atoms with Crippen molar-refractivity contribution in [1.82, 2.24) is 15.2 Å². The summed E-state index contributed by atoms with van der Waals surface area (Å²) in [6, 6.07) is 8.20. The molecule has 0 saturated carbocycles. The summed E-state index contributed by atoms with van der Waals surface area (Å²) in [6.45, 7) is 4.35. The molecule has 2 aromatic rings. The smallest absolute Gasteiger partial charge is 0.215 e. The van der Waals surface area contributed by atoms with Crippen molar-refractivity contribution < 1.29 is 0 Å². The van der Waals surface area contributed by atoms with E-state index in [1.165, 1.54) is 4.90 Å². The summed E-state index contributed by atoms with van der Waals surface area (Å²) in [5.41, 5.74) is 1.74. The molecule has 0 spiro atoms. The second-order valence-electron chi connectivity index (χ2n) is 3.80. The number of aromatic nitrogens is 3. The average Bonchev–Trinajstić information content (AvgIpc) is 2.29. The number of hydrogen-bond acceptors (Lipinski definition) is 4. The van der Waals surface area contributed by atoms with Crippen LogP contribution in [0.4, 0.5) is 0 Å². The SMILES string of the molecule is CC(C)Sc1ccc(-c2cnnc(Cl)n2)cc1. The van der Waals surface area contributed by atoms with E-state index in [0.717, 1.165) is 11.3 Å². The first-order valence-corrected chi connectivity index (χ1v) is 6.53. The molecule has 88 valence electrons. The molecule has 0 fully saturated rings. The number of nitrogens with zero attached hydrogens (tertiary/aromatic N) is 3. The summed E-state index contributed by atoms with van der Waals surface area (Å²) in [4.78, 5) is 5.37. The van der Waals surface area contributed by atoms with Crippen molar-refractivity contribution in [2.75, 3.05) is 0 Å².